The molecule has 1 aliphatic heterocycles. The summed E-state index contributed by atoms with van der Waals surface area (Å²) in [6, 6.07) is 1.68. The van der Waals surface area contributed by atoms with Crippen LogP contribution >= 0.6 is 0 Å². The van der Waals surface area contributed by atoms with E-state index in [0.29, 0.717) is 17.2 Å². The first kappa shape index (κ1) is 12.7. The molecule has 0 bridgehead atoms. The van der Waals surface area contributed by atoms with Crippen LogP contribution in [0.4, 0.5) is 0 Å². The van der Waals surface area contributed by atoms with Gasteiger partial charge in [-0.1, -0.05) is 0 Å². The lowest BCUT2D eigenvalue weighted by Gasteiger charge is -2.52. The lowest BCUT2D eigenvalue weighted by molar-refractivity contribution is -0.117. The summed E-state index contributed by atoms with van der Waals surface area (Å²) in [7, 11) is 0. The Morgan fingerprint density at radius 1 is 1.47 bits per heavy atom. The maximum absolute atomic E-state index is 12.2. The van der Waals surface area contributed by atoms with E-state index in [1.165, 1.54) is 0 Å². The second kappa shape index (κ2) is 4.65. The first-order chi connectivity index (χ1) is 9.08. The summed E-state index contributed by atoms with van der Waals surface area (Å²) in [5.41, 5.74) is 6.72. The fourth-order valence-electron chi connectivity index (χ4n) is 3.21. The van der Waals surface area contributed by atoms with E-state index >= 15 is 0 Å². The fraction of sp³-hybridized carbons (Fsp3) is 0.643. The quantitative estimate of drug-likeness (QED) is 0.839. The molecule has 1 aromatic heterocycles. The van der Waals surface area contributed by atoms with Crippen LogP contribution in [0.5, 0.6) is 0 Å². The minimum Gasteiger partial charge on any atom is -0.466 e. The summed E-state index contributed by atoms with van der Waals surface area (Å²) < 4.78 is 11.1. The van der Waals surface area contributed by atoms with Crippen molar-refractivity contribution < 1.29 is 13.9 Å². The number of aryl methyl sites for hydroxylation is 2. The van der Waals surface area contributed by atoms with Gasteiger partial charge in [0.25, 0.3) is 5.91 Å². The molecule has 1 saturated heterocycles. The molecule has 0 spiro atoms. The number of hydrogen-bond donors (Lipinski definition) is 2. The molecule has 104 valence electrons. The first-order valence-electron chi connectivity index (χ1n) is 6.83. The van der Waals surface area contributed by atoms with E-state index in [1.54, 1.807) is 13.0 Å². The molecule has 0 radical (unpaired) electrons. The normalized spacial score (nSPS) is 33.4. The van der Waals surface area contributed by atoms with Crippen molar-refractivity contribution in [2.45, 2.75) is 44.9 Å². The molecule has 1 aliphatic carbocycles. The smallest absolute Gasteiger partial charge is 0.255 e. The van der Waals surface area contributed by atoms with Crippen molar-refractivity contribution >= 4 is 5.91 Å². The van der Waals surface area contributed by atoms with E-state index in [2.05, 4.69) is 5.32 Å². The van der Waals surface area contributed by atoms with Gasteiger partial charge in [-0.25, -0.2) is 0 Å². The van der Waals surface area contributed by atoms with Crippen LogP contribution in [0.3, 0.4) is 0 Å². The van der Waals surface area contributed by atoms with Crippen LogP contribution in [-0.4, -0.2) is 30.7 Å². The molecular weight excluding hydrogens is 244 g/mol. The van der Waals surface area contributed by atoms with Gasteiger partial charge in [-0.05, 0) is 32.8 Å². The van der Waals surface area contributed by atoms with E-state index in [1.807, 2.05) is 6.92 Å². The van der Waals surface area contributed by atoms with Gasteiger partial charge in [0.15, 0.2) is 0 Å². The van der Waals surface area contributed by atoms with Crippen LogP contribution in [-0.2, 0) is 4.74 Å². The molecule has 3 N–H and O–H groups in total. The molecule has 3 rings (SSSR count). The summed E-state index contributed by atoms with van der Waals surface area (Å²) >= 11 is 0. The van der Waals surface area contributed by atoms with Crippen LogP contribution in [0.2, 0.25) is 0 Å². The minimum absolute atomic E-state index is 0.00236. The molecule has 4 unspecified atom stereocenters. The van der Waals surface area contributed by atoms with Crippen LogP contribution < -0.4 is 11.1 Å². The van der Waals surface area contributed by atoms with E-state index in [9.17, 15) is 4.79 Å². The highest BCUT2D eigenvalue weighted by molar-refractivity contribution is 5.95. The topological polar surface area (TPSA) is 77.5 Å². The third-order valence-electron chi connectivity index (χ3n) is 4.26. The molecule has 5 heteroatoms. The Bertz CT molecular complexity index is 497. The fourth-order valence-corrected chi connectivity index (χ4v) is 3.21. The van der Waals surface area contributed by atoms with Gasteiger partial charge >= 0.3 is 0 Å². The van der Waals surface area contributed by atoms with Crippen LogP contribution in [0.1, 0.15) is 34.7 Å². The molecule has 2 fully saturated rings. The number of amides is 1. The molecule has 19 heavy (non-hydrogen) atoms. The Labute approximate surface area is 112 Å². The predicted octanol–water partition coefficient (Wildman–Crippen LogP) is 1.13. The van der Waals surface area contributed by atoms with Crippen molar-refractivity contribution in [3.8, 4) is 0 Å². The molecule has 5 nitrogen and oxygen atoms in total. The maximum atomic E-state index is 12.2. The number of hydrogen-bond acceptors (Lipinski definition) is 4. The zero-order valence-corrected chi connectivity index (χ0v) is 11.3. The van der Waals surface area contributed by atoms with E-state index in [0.717, 1.165) is 25.2 Å². The van der Waals surface area contributed by atoms with Crippen molar-refractivity contribution in [3.63, 3.8) is 0 Å². The SMILES string of the molecule is Cc1cc(C(=O)NC2C(N)C3CCCOC32)c(C)o1. The van der Waals surface area contributed by atoms with Crippen molar-refractivity contribution in [1.29, 1.82) is 0 Å². The van der Waals surface area contributed by atoms with Gasteiger partial charge in [0.1, 0.15) is 11.5 Å². The lowest BCUT2D eigenvalue weighted by Crippen LogP contribution is -2.72. The zero-order valence-electron chi connectivity index (χ0n) is 11.3. The zero-order chi connectivity index (χ0) is 13.6. The highest BCUT2D eigenvalue weighted by atomic mass is 16.5. The predicted molar refractivity (Wildman–Crippen MR) is 69.9 cm³/mol. The third kappa shape index (κ3) is 2.07. The number of fused-ring (bicyclic) bond motifs is 1. The molecule has 1 saturated carbocycles. The lowest BCUT2D eigenvalue weighted by atomic mass is 9.68. The Morgan fingerprint density at radius 2 is 2.26 bits per heavy atom. The molecule has 2 aliphatic rings. The molecule has 2 heterocycles. The Kier molecular flexibility index (Phi) is 3.11. The van der Waals surface area contributed by atoms with Crippen LogP contribution in [0.15, 0.2) is 10.5 Å². The second-order valence-electron chi connectivity index (χ2n) is 5.54. The number of ether oxygens (including phenoxy) is 1. The summed E-state index contributed by atoms with van der Waals surface area (Å²) in [4.78, 5) is 12.2. The Hall–Kier alpha value is -1.33. The highest BCUT2D eigenvalue weighted by Crippen LogP contribution is 2.37. The number of furan rings is 1. The van der Waals surface area contributed by atoms with Crippen molar-refractivity contribution in [2.75, 3.05) is 6.61 Å². The molecule has 0 aromatic carbocycles. The number of nitrogens with one attached hydrogen (secondary N) is 1. The molecule has 1 amide bonds. The standard InChI is InChI=1S/C14H20N2O3/c1-7-6-10(8(2)19-7)14(17)16-12-11(15)9-4-3-5-18-13(9)12/h6,9,11-13H,3-5,15H2,1-2H3,(H,16,17). The number of nitrogens with two attached hydrogens (primary N) is 1. The second-order valence-corrected chi connectivity index (χ2v) is 5.54. The Morgan fingerprint density at radius 3 is 2.95 bits per heavy atom. The van der Waals surface area contributed by atoms with Gasteiger partial charge < -0.3 is 20.2 Å². The molecule has 4 atom stereocenters. The van der Waals surface area contributed by atoms with E-state index in [4.69, 9.17) is 14.9 Å². The maximum Gasteiger partial charge on any atom is 0.255 e. The van der Waals surface area contributed by atoms with Crippen molar-refractivity contribution in [2.24, 2.45) is 11.7 Å². The van der Waals surface area contributed by atoms with Gasteiger partial charge in [-0.2, -0.15) is 0 Å². The number of carbonyl (C=O) groups excluding carboxylic acids is 1. The summed E-state index contributed by atoms with van der Waals surface area (Å²) in [6.45, 7) is 4.39. The molecular formula is C14H20N2O3. The van der Waals surface area contributed by atoms with Gasteiger partial charge in [0, 0.05) is 18.6 Å². The van der Waals surface area contributed by atoms with E-state index in [-0.39, 0.29) is 24.1 Å². The van der Waals surface area contributed by atoms with Crippen LogP contribution in [0, 0.1) is 19.8 Å². The van der Waals surface area contributed by atoms with Crippen molar-refractivity contribution in [1.82, 2.24) is 5.32 Å². The van der Waals surface area contributed by atoms with Gasteiger partial charge in [0.05, 0.1) is 17.7 Å². The molecule has 1 aromatic rings. The van der Waals surface area contributed by atoms with Crippen LogP contribution in [0.25, 0.3) is 0 Å². The Balaban J connectivity index is 1.68. The largest absolute Gasteiger partial charge is 0.466 e. The average Bonchev–Trinajstić information content (AvgIpc) is 2.74. The highest BCUT2D eigenvalue weighted by Gasteiger charge is 2.51. The number of carbonyl (C=O) groups is 1. The number of rotatable bonds is 2. The van der Waals surface area contributed by atoms with Crippen molar-refractivity contribution in [3.05, 3.63) is 23.2 Å². The van der Waals surface area contributed by atoms with E-state index < -0.39 is 0 Å². The van der Waals surface area contributed by atoms with Gasteiger partial charge in [-0.3, -0.25) is 4.79 Å². The summed E-state index contributed by atoms with van der Waals surface area (Å²) in [5, 5.41) is 2.99. The summed E-state index contributed by atoms with van der Waals surface area (Å²) in [5.74, 6) is 1.66. The van der Waals surface area contributed by atoms with Gasteiger partial charge in [0.2, 0.25) is 0 Å². The average molecular weight is 264 g/mol. The third-order valence-corrected chi connectivity index (χ3v) is 4.26. The summed E-state index contributed by atoms with van der Waals surface area (Å²) in [6.07, 6.45) is 2.25. The first-order valence-corrected chi connectivity index (χ1v) is 6.83. The monoisotopic (exact) mass is 264 g/mol. The van der Waals surface area contributed by atoms with Gasteiger partial charge in [-0.15, -0.1) is 0 Å². The minimum atomic E-state index is -0.123.